The third kappa shape index (κ3) is 3.64. The fourth-order valence-corrected chi connectivity index (χ4v) is 2.40. The lowest BCUT2D eigenvalue weighted by atomic mass is 10.2. The minimum Gasteiger partial charge on any atom is -0.354 e. The standard InChI is InChI=1S/C9H18N2O3S/c1-6(9(13-2)14-3)11-8(12)7-4-15-5-10-7/h6-7,9-10H,4-5H2,1-3H3,(H,11,12). The van der Waals surface area contributed by atoms with E-state index in [-0.39, 0.29) is 18.0 Å². The summed E-state index contributed by atoms with van der Waals surface area (Å²) in [4.78, 5) is 11.7. The summed E-state index contributed by atoms with van der Waals surface area (Å²) in [5.41, 5.74) is 0. The summed E-state index contributed by atoms with van der Waals surface area (Å²) in [7, 11) is 3.11. The van der Waals surface area contributed by atoms with Gasteiger partial charge in [-0.05, 0) is 6.92 Å². The van der Waals surface area contributed by atoms with E-state index in [2.05, 4.69) is 10.6 Å². The third-order valence-corrected chi connectivity index (χ3v) is 3.22. The lowest BCUT2D eigenvalue weighted by Gasteiger charge is -2.23. The zero-order valence-electron chi connectivity index (χ0n) is 9.28. The van der Waals surface area contributed by atoms with Crippen molar-refractivity contribution in [2.45, 2.75) is 25.3 Å². The topological polar surface area (TPSA) is 59.6 Å². The Morgan fingerprint density at radius 1 is 1.53 bits per heavy atom. The summed E-state index contributed by atoms with van der Waals surface area (Å²) < 4.78 is 10.1. The Hall–Kier alpha value is -0.300. The van der Waals surface area contributed by atoms with E-state index < -0.39 is 6.29 Å². The van der Waals surface area contributed by atoms with E-state index in [0.717, 1.165) is 11.6 Å². The number of methoxy groups -OCH3 is 2. The SMILES string of the molecule is COC(OC)C(C)NC(=O)C1CSCN1. The molecule has 0 aromatic rings. The maximum Gasteiger partial charge on any atom is 0.238 e. The first-order valence-corrected chi connectivity index (χ1v) is 6.01. The molecule has 2 unspecified atom stereocenters. The van der Waals surface area contributed by atoms with Gasteiger partial charge in [-0.15, -0.1) is 11.8 Å². The van der Waals surface area contributed by atoms with E-state index in [0.29, 0.717) is 0 Å². The Morgan fingerprint density at radius 2 is 2.20 bits per heavy atom. The Labute approximate surface area is 94.3 Å². The molecular formula is C9H18N2O3S. The Morgan fingerprint density at radius 3 is 2.67 bits per heavy atom. The summed E-state index contributed by atoms with van der Waals surface area (Å²) >= 11 is 1.72. The molecule has 0 aliphatic carbocycles. The first-order chi connectivity index (χ1) is 7.19. The number of rotatable bonds is 5. The summed E-state index contributed by atoms with van der Waals surface area (Å²) in [5.74, 6) is 1.67. The molecular weight excluding hydrogens is 216 g/mol. The summed E-state index contributed by atoms with van der Waals surface area (Å²) in [6.07, 6.45) is -0.400. The van der Waals surface area contributed by atoms with Crippen LogP contribution in [0.2, 0.25) is 0 Å². The van der Waals surface area contributed by atoms with Crippen molar-refractivity contribution >= 4 is 17.7 Å². The summed E-state index contributed by atoms with van der Waals surface area (Å²) in [6.45, 7) is 1.86. The van der Waals surface area contributed by atoms with Crippen LogP contribution in [0.5, 0.6) is 0 Å². The zero-order chi connectivity index (χ0) is 11.3. The van der Waals surface area contributed by atoms with Gasteiger partial charge in [0.15, 0.2) is 6.29 Å². The molecule has 1 aliphatic heterocycles. The average Bonchev–Trinajstić information content (AvgIpc) is 2.72. The highest BCUT2D eigenvalue weighted by Crippen LogP contribution is 2.10. The van der Waals surface area contributed by atoms with Gasteiger partial charge in [0.05, 0.1) is 12.1 Å². The van der Waals surface area contributed by atoms with Gasteiger partial charge < -0.3 is 14.8 Å². The molecule has 0 aromatic carbocycles. The molecule has 0 bridgehead atoms. The highest BCUT2D eigenvalue weighted by molar-refractivity contribution is 7.99. The molecule has 2 N–H and O–H groups in total. The van der Waals surface area contributed by atoms with Crippen molar-refractivity contribution in [1.29, 1.82) is 0 Å². The molecule has 0 radical (unpaired) electrons. The minimum absolute atomic E-state index is 0.00611. The smallest absolute Gasteiger partial charge is 0.238 e. The normalized spacial score (nSPS) is 23.1. The molecule has 2 atom stereocenters. The molecule has 1 rings (SSSR count). The monoisotopic (exact) mass is 234 g/mol. The van der Waals surface area contributed by atoms with Crippen LogP contribution >= 0.6 is 11.8 Å². The Kier molecular flexibility index (Phi) is 5.38. The summed E-state index contributed by atoms with van der Waals surface area (Å²) in [6, 6.07) is -0.244. The van der Waals surface area contributed by atoms with Crippen LogP contribution in [-0.4, -0.2) is 50.1 Å². The molecule has 1 aliphatic rings. The third-order valence-electron chi connectivity index (χ3n) is 2.28. The van der Waals surface area contributed by atoms with E-state index >= 15 is 0 Å². The van der Waals surface area contributed by atoms with Gasteiger partial charge in [0.1, 0.15) is 0 Å². The van der Waals surface area contributed by atoms with Gasteiger partial charge in [0.25, 0.3) is 0 Å². The second kappa shape index (κ2) is 6.32. The van der Waals surface area contributed by atoms with Crippen LogP contribution in [0.1, 0.15) is 6.92 Å². The maximum atomic E-state index is 11.7. The second-order valence-electron chi connectivity index (χ2n) is 3.41. The van der Waals surface area contributed by atoms with Crippen molar-refractivity contribution < 1.29 is 14.3 Å². The second-order valence-corrected chi connectivity index (χ2v) is 4.44. The highest BCUT2D eigenvalue weighted by atomic mass is 32.2. The van der Waals surface area contributed by atoms with E-state index in [1.165, 1.54) is 0 Å². The molecule has 0 aromatic heterocycles. The molecule has 0 saturated carbocycles. The molecule has 5 nitrogen and oxygen atoms in total. The van der Waals surface area contributed by atoms with Crippen LogP contribution in [0.25, 0.3) is 0 Å². The molecule has 0 spiro atoms. The number of thioether (sulfide) groups is 1. The van der Waals surface area contributed by atoms with Crippen molar-refractivity contribution in [3.8, 4) is 0 Å². The first-order valence-electron chi connectivity index (χ1n) is 4.86. The van der Waals surface area contributed by atoms with Crippen LogP contribution in [0.15, 0.2) is 0 Å². The van der Waals surface area contributed by atoms with Gasteiger partial charge in [-0.1, -0.05) is 0 Å². The lowest BCUT2D eigenvalue weighted by molar-refractivity contribution is -0.136. The van der Waals surface area contributed by atoms with Crippen molar-refractivity contribution in [1.82, 2.24) is 10.6 Å². The van der Waals surface area contributed by atoms with Gasteiger partial charge in [0.2, 0.25) is 5.91 Å². The van der Waals surface area contributed by atoms with E-state index in [1.54, 1.807) is 26.0 Å². The van der Waals surface area contributed by atoms with Crippen LogP contribution in [0.3, 0.4) is 0 Å². The minimum atomic E-state index is -0.400. The molecule has 88 valence electrons. The summed E-state index contributed by atoms with van der Waals surface area (Å²) in [5, 5.41) is 5.96. The number of ether oxygens (including phenoxy) is 2. The van der Waals surface area contributed by atoms with Crippen molar-refractivity contribution in [2.75, 3.05) is 25.8 Å². The lowest BCUT2D eigenvalue weighted by Crippen LogP contribution is -2.50. The number of carbonyl (C=O) groups excluding carboxylic acids is 1. The van der Waals surface area contributed by atoms with Crippen LogP contribution in [0.4, 0.5) is 0 Å². The highest BCUT2D eigenvalue weighted by Gasteiger charge is 2.26. The quantitative estimate of drug-likeness (QED) is 0.644. The molecule has 1 heterocycles. The number of amides is 1. The first kappa shape index (κ1) is 12.8. The number of nitrogens with one attached hydrogen (secondary N) is 2. The van der Waals surface area contributed by atoms with E-state index in [1.807, 2.05) is 6.92 Å². The predicted octanol–water partition coefficient (Wildman–Crippen LogP) is -0.227. The molecule has 1 fully saturated rings. The molecule has 6 heteroatoms. The van der Waals surface area contributed by atoms with Gasteiger partial charge in [0, 0.05) is 25.8 Å². The number of hydrogen-bond donors (Lipinski definition) is 2. The fourth-order valence-electron chi connectivity index (χ4n) is 1.46. The predicted molar refractivity (Wildman–Crippen MR) is 59.7 cm³/mol. The average molecular weight is 234 g/mol. The van der Waals surface area contributed by atoms with Crippen LogP contribution in [-0.2, 0) is 14.3 Å². The van der Waals surface area contributed by atoms with E-state index in [9.17, 15) is 4.79 Å². The van der Waals surface area contributed by atoms with Gasteiger partial charge in [-0.2, -0.15) is 0 Å². The van der Waals surface area contributed by atoms with Crippen molar-refractivity contribution in [3.05, 3.63) is 0 Å². The largest absolute Gasteiger partial charge is 0.354 e. The van der Waals surface area contributed by atoms with Crippen molar-refractivity contribution in [3.63, 3.8) is 0 Å². The van der Waals surface area contributed by atoms with Crippen LogP contribution < -0.4 is 10.6 Å². The van der Waals surface area contributed by atoms with Gasteiger partial charge in [-0.3, -0.25) is 10.1 Å². The van der Waals surface area contributed by atoms with Crippen LogP contribution in [0, 0.1) is 0 Å². The van der Waals surface area contributed by atoms with Gasteiger partial charge >= 0.3 is 0 Å². The van der Waals surface area contributed by atoms with E-state index in [4.69, 9.17) is 9.47 Å². The van der Waals surface area contributed by atoms with Crippen molar-refractivity contribution in [2.24, 2.45) is 0 Å². The Balaban J connectivity index is 2.35. The molecule has 15 heavy (non-hydrogen) atoms. The molecule has 1 saturated heterocycles. The Bertz CT molecular complexity index is 206. The van der Waals surface area contributed by atoms with Gasteiger partial charge in [-0.25, -0.2) is 0 Å². The number of carbonyl (C=O) groups is 1. The fraction of sp³-hybridized carbons (Fsp3) is 0.889. The number of hydrogen-bond acceptors (Lipinski definition) is 5. The maximum absolute atomic E-state index is 11.7. The molecule has 1 amide bonds. The zero-order valence-corrected chi connectivity index (χ0v) is 10.1.